The Morgan fingerprint density at radius 1 is 0.900 bits per heavy atom. The number of imidazole rings is 1. The van der Waals surface area contributed by atoms with Crippen molar-refractivity contribution < 1.29 is 14.6 Å². The fourth-order valence-electron chi connectivity index (χ4n) is 3.39. The van der Waals surface area contributed by atoms with Gasteiger partial charge in [0, 0.05) is 0 Å². The number of rotatable bonds is 8. The van der Waals surface area contributed by atoms with Crippen molar-refractivity contribution in [1.82, 2.24) is 9.55 Å². The van der Waals surface area contributed by atoms with Crippen LogP contribution < -0.4 is 9.47 Å². The maximum atomic E-state index is 10.7. The molecule has 0 radical (unpaired) electrons. The summed E-state index contributed by atoms with van der Waals surface area (Å²) in [5, 5.41) is 10.7. The first kappa shape index (κ1) is 20.0. The molecule has 0 saturated carbocycles. The first-order chi connectivity index (χ1) is 14.6. The summed E-state index contributed by atoms with van der Waals surface area (Å²) in [6.45, 7) is 4.94. The van der Waals surface area contributed by atoms with E-state index >= 15 is 0 Å². The Kier molecular flexibility index (Phi) is 6.00. The van der Waals surface area contributed by atoms with Gasteiger partial charge in [0.15, 0.2) is 0 Å². The standard InChI is InChI=1S/C25H26N2O3/c1-18-11-13-21(14-12-18)29-17-25-26-22-8-4-5-9-23(22)27(25)15-20(28)16-30-24-10-6-3-7-19(24)2/h3-14,20,28H,15-17H2,1-2H3. The molecule has 0 fully saturated rings. The molecule has 5 nitrogen and oxygen atoms in total. The lowest BCUT2D eigenvalue weighted by molar-refractivity contribution is 0.0914. The minimum absolute atomic E-state index is 0.204. The molecule has 1 N–H and O–H groups in total. The van der Waals surface area contributed by atoms with Crippen LogP contribution in [0.15, 0.2) is 72.8 Å². The quantitative estimate of drug-likeness (QED) is 0.465. The number of aryl methyl sites for hydroxylation is 2. The highest BCUT2D eigenvalue weighted by Crippen LogP contribution is 2.20. The van der Waals surface area contributed by atoms with Crippen LogP contribution in [0.25, 0.3) is 11.0 Å². The Morgan fingerprint density at radius 3 is 2.43 bits per heavy atom. The van der Waals surface area contributed by atoms with E-state index in [4.69, 9.17) is 14.5 Å². The number of hydrogen-bond donors (Lipinski definition) is 1. The molecule has 5 heteroatoms. The summed E-state index contributed by atoms with van der Waals surface area (Å²) in [5.41, 5.74) is 4.08. The molecular weight excluding hydrogens is 376 g/mol. The summed E-state index contributed by atoms with van der Waals surface area (Å²) in [5.74, 6) is 2.35. The van der Waals surface area contributed by atoms with Crippen LogP contribution in [-0.2, 0) is 13.2 Å². The maximum absolute atomic E-state index is 10.7. The van der Waals surface area contributed by atoms with Crippen LogP contribution >= 0.6 is 0 Å². The first-order valence-electron chi connectivity index (χ1n) is 10.1. The molecule has 4 aromatic rings. The molecular formula is C25H26N2O3. The van der Waals surface area contributed by atoms with Gasteiger partial charge in [0.05, 0.1) is 17.6 Å². The van der Waals surface area contributed by atoms with Crippen LogP contribution in [0, 0.1) is 13.8 Å². The zero-order valence-corrected chi connectivity index (χ0v) is 17.3. The van der Waals surface area contributed by atoms with Crippen molar-refractivity contribution >= 4 is 11.0 Å². The Bertz CT molecular complexity index is 1120. The minimum Gasteiger partial charge on any atom is -0.491 e. The predicted octanol–water partition coefficient (Wildman–Crippen LogP) is 4.67. The van der Waals surface area contributed by atoms with Crippen molar-refractivity contribution in [3.05, 3.63) is 89.7 Å². The summed E-state index contributed by atoms with van der Waals surface area (Å²) in [6, 6.07) is 23.7. The van der Waals surface area contributed by atoms with E-state index in [9.17, 15) is 5.11 Å². The predicted molar refractivity (Wildman–Crippen MR) is 118 cm³/mol. The lowest BCUT2D eigenvalue weighted by atomic mass is 10.2. The van der Waals surface area contributed by atoms with E-state index in [1.54, 1.807) is 0 Å². The number of ether oxygens (including phenoxy) is 2. The number of para-hydroxylation sites is 3. The SMILES string of the molecule is Cc1ccc(OCc2nc3ccccc3n2CC(O)COc2ccccc2C)cc1. The monoisotopic (exact) mass is 402 g/mol. The van der Waals surface area contributed by atoms with Gasteiger partial charge >= 0.3 is 0 Å². The molecule has 3 aromatic carbocycles. The molecule has 1 heterocycles. The second kappa shape index (κ2) is 9.01. The van der Waals surface area contributed by atoms with Gasteiger partial charge in [0.1, 0.15) is 36.6 Å². The number of fused-ring (bicyclic) bond motifs is 1. The van der Waals surface area contributed by atoms with Crippen LogP contribution in [-0.4, -0.2) is 27.4 Å². The number of aliphatic hydroxyl groups excluding tert-OH is 1. The second-order valence-corrected chi connectivity index (χ2v) is 7.46. The Labute approximate surface area is 176 Å². The van der Waals surface area contributed by atoms with E-state index in [2.05, 4.69) is 0 Å². The summed E-state index contributed by atoms with van der Waals surface area (Å²) in [7, 11) is 0. The van der Waals surface area contributed by atoms with Gasteiger partial charge < -0.3 is 19.1 Å². The largest absolute Gasteiger partial charge is 0.491 e. The topological polar surface area (TPSA) is 56.5 Å². The van der Waals surface area contributed by atoms with Crippen molar-refractivity contribution in [1.29, 1.82) is 0 Å². The Balaban J connectivity index is 1.49. The molecule has 1 unspecified atom stereocenters. The van der Waals surface area contributed by atoms with Gasteiger partial charge in [-0.05, 0) is 49.7 Å². The normalized spacial score (nSPS) is 12.1. The molecule has 0 spiro atoms. The van der Waals surface area contributed by atoms with Crippen molar-refractivity contribution in [2.45, 2.75) is 33.1 Å². The summed E-state index contributed by atoms with van der Waals surface area (Å²) >= 11 is 0. The third-order valence-corrected chi connectivity index (χ3v) is 5.04. The van der Waals surface area contributed by atoms with Crippen LogP contribution in [0.4, 0.5) is 0 Å². The molecule has 0 aliphatic carbocycles. The smallest absolute Gasteiger partial charge is 0.148 e. The molecule has 0 bridgehead atoms. The molecule has 0 aliphatic heterocycles. The highest BCUT2D eigenvalue weighted by atomic mass is 16.5. The van der Waals surface area contributed by atoms with E-state index in [0.29, 0.717) is 13.2 Å². The van der Waals surface area contributed by atoms with Gasteiger partial charge in [-0.15, -0.1) is 0 Å². The van der Waals surface area contributed by atoms with Gasteiger partial charge in [-0.1, -0.05) is 48.0 Å². The molecule has 1 aromatic heterocycles. The lowest BCUT2D eigenvalue weighted by Gasteiger charge is -2.17. The van der Waals surface area contributed by atoms with Crippen molar-refractivity contribution in [3.8, 4) is 11.5 Å². The Morgan fingerprint density at radius 2 is 1.63 bits per heavy atom. The van der Waals surface area contributed by atoms with Crippen molar-refractivity contribution in [2.75, 3.05) is 6.61 Å². The molecule has 0 aliphatic rings. The van der Waals surface area contributed by atoms with Crippen LogP contribution in [0.5, 0.6) is 11.5 Å². The van der Waals surface area contributed by atoms with E-state index < -0.39 is 6.10 Å². The number of hydrogen-bond acceptors (Lipinski definition) is 4. The number of nitrogens with zero attached hydrogens (tertiary/aromatic N) is 2. The molecule has 30 heavy (non-hydrogen) atoms. The second-order valence-electron chi connectivity index (χ2n) is 7.46. The highest BCUT2D eigenvalue weighted by molar-refractivity contribution is 5.75. The number of aromatic nitrogens is 2. The third kappa shape index (κ3) is 4.63. The van der Waals surface area contributed by atoms with Crippen molar-refractivity contribution in [3.63, 3.8) is 0 Å². The number of benzene rings is 3. The minimum atomic E-state index is -0.680. The molecule has 1 atom stereocenters. The van der Waals surface area contributed by atoms with Gasteiger partial charge in [0.25, 0.3) is 0 Å². The van der Waals surface area contributed by atoms with Gasteiger partial charge in [-0.3, -0.25) is 0 Å². The summed E-state index contributed by atoms with van der Waals surface area (Å²) < 4.78 is 13.8. The van der Waals surface area contributed by atoms with Gasteiger partial charge in [0.2, 0.25) is 0 Å². The molecule has 0 saturated heterocycles. The molecule has 0 amide bonds. The summed E-state index contributed by atoms with van der Waals surface area (Å²) in [6.07, 6.45) is -0.680. The van der Waals surface area contributed by atoms with Crippen LogP contribution in [0.2, 0.25) is 0 Å². The van der Waals surface area contributed by atoms with E-state index in [1.165, 1.54) is 5.56 Å². The average molecular weight is 402 g/mol. The Hall–Kier alpha value is -3.31. The fraction of sp³-hybridized carbons (Fsp3) is 0.240. The zero-order chi connectivity index (χ0) is 20.9. The van der Waals surface area contributed by atoms with Gasteiger partial charge in [-0.25, -0.2) is 4.98 Å². The third-order valence-electron chi connectivity index (χ3n) is 5.04. The number of aliphatic hydroxyl groups is 1. The van der Waals surface area contributed by atoms with Crippen LogP contribution in [0.3, 0.4) is 0 Å². The zero-order valence-electron chi connectivity index (χ0n) is 17.3. The average Bonchev–Trinajstić information content (AvgIpc) is 3.10. The van der Waals surface area contributed by atoms with E-state index in [-0.39, 0.29) is 6.61 Å². The van der Waals surface area contributed by atoms with E-state index in [1.807, 2.05) is 91.2 Å². The summed E-state index contributed by atoms with van der Waals surface area (Å²) in [4.78, 5) is 4.72. The van der Waals surface area contributed by atoms with Crippen molar-refractivity contribution in [2.24, 2.45) is 0 Å². The maximum Gasteiger partial charge on any atom is 0.148 e. The highest BCUT2D eigenvalue weighted by Gasteiger charge is 2.15. The molecule has 4 rings (SSSR count). The molecule has 154 valence electrons. The van der Waals surface area contributed by atoms with Crippen LogP contribution in [0.1, 0.15) is 17.0 Å². The first-order valence-corrected chi connectivity index (χ1v) is 10.1. The lowest BCUT2D eigenvalue weighted by Crippen LogP contribution is -2.25. The fourth-order valence-corrected chi connectivity index (χ4v) is 3.39. The van der Waals surface area contributed by atoms with Gasteiger partial charge in [-0.2, -0.15) is 0 Å². The van der Waals surface area contributed by atoms with E-state index in [0.717, 1.165) is 33.9 Å².